The summed E-state index contributed by atoms with van der Waals surface area (Å²) in [6, 6.07) is 5.95. The van der Waals surface area contributed by atoms with Crippen LogP contribution in [0.2, 0.25) is 0 Å². The van der Waals surface area contributed by atoms with Gasteiger partial charge >= 0.3 is 0 Å². The van der Waals surface area contributed by atoms with Gasteiger partial charge in [0.05, 0.1) is 0 Å². The van der Waals surface area contributed by atoms with Crippen LogP contribution in [0.5, 0.6) is 0 Å². The smallest absolute Gasteiger partial charge is 0.142 e. The number of aromatic nitrogens is 1. The molecule has 1 aromatic rings. The Bertz CT molecular complexity index is 299. The van der Waals surface area contributed by atoms with Crippen molar-refractivity contribution in [1.29, 1.82) is 5.26 Å². The Labute approximate surface area is 72.1 Å². The van der Waals surface area contributed by atoms with Gasteiger partial charge in [-0.1, -0.05) is 0 Å². The van der Waals surface area contributed by atoms with Gasteiger partial charge in [-0.2, -0.15) is 5.26 Å². The molecule has 0 saturated carbocycles. The van der Waals surface area contributed by atoms with E-state index in [-0.39, 0.29) is 0 Å². The third kappa shape index (κ3) is 2.24. The van der Waals surface area contributed by atoms with Crippen LogP contribution in [0.3, 0.4) is 0 Å². The molecule has 62 valence electrons. The fourth-order valence-electron chi connectivity index (χ4n) is 0.915. The zero-order chi connectivity index (χ0) is 8.97. The lowest BCUT2D eigenvalue weighted by atomic mass is 10.3. The minimum absolute atomic E-state index is 0.374. The number of rotatable bonds is 2. The lowest BCUT2D eigenvalue weighted by molar-refractivity contribution is 0.898. The summed E-state index contributed by atoms with van der Waals surface area (Å²) in [4.78, 5) is 3.86. The van der Waals surface area contributed by atoms with Crippen LogP contribution in [0.15, 0.2) is 18.3 Å². The molecule has 12 heavy (non-hydrogen) atoms. The van der Waals surface area contributed by atoms with Crippen LogP contribution >= 0.6 is 0 Å². The SMILES string of the molecule is CC(C)Nc1ccnc(C#N)c1. The highest BCUT2D eigenvalue weighted by atomic mass is 14.9. The highest BCUT2D eigenvalue weighted by Gasteiger charge is 1.96. The molecule has 0 spiro atoms. The average Bonchev–Trinajstić information content (AvgIpc) is 2.03. The maximum atomic E-state index is 8.56. The molecule has 0 unspecified atom stereocenters. The predicted molar refractivity (Wildman–Crippen MR) is 47.7 cm³/mol. The van der Waals surface area contributed by atoms with Gasteiger partial charge in [-0.15, -0.1) is 0 Å². The second kappa shape index (κ2) is 3.72. The molecule has 0 aromatic carbocycles. The van der Waals surface area contributed by atoms with E-state index in [1.807, 2.05) is 26.0 Å². The van der Waals surface area contributed by atoms with Gasteiger partial charge in [0, 0.05) is 17.9 Å². The highest BCUT2D eigenvalue weighted by Crippen LogP contribution is 2.07. The topological polar surface area (TPSA) is 48.7 Å². The van der Waals surface area contributed by atoms with E-state index in [9.17, 15) is 0 Å². The molecule has 3 nitrogen and oxygen atoms in total. The van der Waals surface area contributed by atoms with Crippen molar-refractivity contribution in [1.82, 2.24) is 4.98 Å². The minimum atomic E-state index is 0.374. The summed E-state index contributed by atoms with van der Waals surface area (Å²) in [6.45, 7) is 4.10. The van der Waals surface area contributed by atoms with E-state index in [1.165, 1.54) is 0 Å². The third-order valence-corrected chi connectivity index (χ3v) is 1.33. The summed E-state index contributed by atoms with van der Waals surface area (Å²) in [6.07, 6.45) is 1.63. The summed E-state index contributed by atoms with van der Waals surface area (Å²) < 4.78 is 0. The van der Waals surface area contributed by atoms with E-state index in [1.54, 1.807) is 12.3 Å². The second-order valence-electron chi connectivity index (χ2n) is 2.84. The number of anilines is 1. The Morgan fingerprint density at radius 3 is 2.92 bits per heavy atom. The molecule has 1 N–H and O–H groups in total. The van der Waals surface area contributed by atoms with Gasteiger partial charge in [-0.05, 0) is 26.0 Å². The van der Waals surface area contributed by atoms with Crippen LogP contribution in [-0.4, -0.2) is 11.0 Å². The van der Waals surface area contributed by atoms with E-state index in [2.05, 4.69) is 10.3 Å². The van der Waals surface area contributed by atoms with Crippen molar-refractivity contribution >= 4 is 5.69 Å². The monoisotopic (exact) mass is 161 g/mol. The molecule has 0 saturated heterocycles. The molecule has 1 heterocycles. The van der Waals surface area contributed by atoms with Crippen molar-refractivity contribution in [3.05, 3.63) is 24.0 Å². The first kappa shape index (κ1) is 8.54. The minimum Gasteiger partial charge on any atom is -0.383 e. The van der Waals surface area contributed by atoms with Crippen LogP contribution in [0.1, 0.15) is 19.5 Å². The fraction of sp³-hybridized carbons (Fsp3) is 0.333. The predicted octanol–water partition coefficient (Wildman–Crippen LogP) is 1.77. The number of nitrogens with one attached hydrogen (secondary N) is 1. The molecule has 3 heteroatoms. The van der Waals surface area contributed by atoms with Gasteiger partial charge in [0.1, 0.15) is 11.8 Å². The van der Waals surface area contributed by atoms with Gasteiger partial charge < -0.3 is 5.32 Å². The first-order valence-corrected chi connectivity index (χ1v) is 3.85. The second-order valence-corrected chi connectivity index (χ2v) is 2.84. The summed E-state index contributed by atoms with van der Waals surface area (Å²) in [5.74, 6) is 0. The Morgan fingerprint density at radius 1 is 1.58 bits per heavy atom. The number of hydrogen-bond acceptors (Lipinski definition) is 3. The zero-order valence-electron chi connectivity index (χ0n) is 7.20. The van der Waals surface area contributed by atoms with Crippen LogP contribution in [0.25, 0.3) is 0 Å². The van der Waals surface area contributed by atoms with Crippen molar-refractivity contribution < 1.29 is 0 Å². The first-order chi connectivity index (χ1) is 5.72. The largest absolute Gasteiger partial charge is 0.383 e. The molecule has 0 amide bonds. The Balaban J connectivity index is 2.81. The Morgan fingerprint density at radius 2 is 2.33 bits per heavy atom. The van der Waals surface area contributed by atoms with Gasteiger partial charge in [-0.3, -0.25) is 0 Å². The summed E-state index contributed by atoms with van der Waals surface area (Å²) >= 11 is 0. The molecular formula is C9H11N3. The molecule has 0 aliphatic carbocycles. The highest BCUT2D eigenvalue weighted by molar-refractivity contribution is 5.46. The zero-order valence-corrected chi connectivity index (χ0v) is 7.20. The maximum Gasteiger partial charge on any atom is 0.142 e. The lowest BCUT2D eigenvalue weighted by Gasteiger charge is -2.08. The van der Waals surface area contributed by atoms with E-state index in [4.69, 9.17) is 5.26 Å². The van der Waals surface area contributed by atoms with Gasteiger partial charge in [0.15, 0.2) is 0 Å². The summed E-state index contributed by atoms with van der Waals surface area (Å²) in [5, 5.41) is 11.7. The maximum absolute atomic E-state index is 8.56. The number of pyridine rings is 1. The van der Waals surface area contributed by atoms with E-state index < -0.39 is 0 Å². The van der Waals surface area contributed by atoms with Gasteiger partial charge in [-0.25, -0.2) is 4.98 Å². The Kier molecular flexibility index (Phi) is 2.65. The number of hydrogen-bond donors (Lipinski definition) is 1. The first-order valence-electron chi connectivity index (χ1n) is 3.85. The van der Waals surface area contributed by atoms with Crippen LogP contribution < -0.4 is 5.32 Å². The third-order valence-electron chi connectivity index (χ3n) is 1.33. The standard InChI is InChI=1S/C9H11N3/c1-7(2)12-8-3-4-11-9(5-8)6-10/h3-5,7H,1-2H3,(H,11,12). The lowest BCUT2D eigenvalue weighted by Crippen LogP contribution is -2.09. The van der Waals surface area contributed by atoms with E-state index in [0.717, 1.165) is 5.69 Å². The molecule has 0 aliphatic rings. The molecule has 0 radical (unpaired) electrons. The molecule has 0 fully saturated rings. The molecule has 1 aromatic heterocycles. The van der Waals surface area contributed by atoms with Crippen molar-refractivity contribution in [2.45, 2.75) is 19.9 Å². The van der Waals surface area contributed by atoms with E-state index >= 15 is 0 Å². The normalized spacial score (nSPS) is 9.50. The van der Waals surface area contributed by atoms with Crippen molar-refractivity contribution in [3.63, 3.8) is 0 Å². The number of nitrogens with zero attached hydrogens (tertiary/aromatic N) is 2. The molecule has 0 bridgehead atoms. The fourth-order valence-corrected chi connectivity index (χ4v) is 0.915. The van der Waals surface area contributed by atoms with Crippen LogP contribution in [-0.2, 0) is 0 Å². The number of nitriles is 1. The molecule has 0 atom stereocenters. The van der Waals surface area contributed by atoms with Gasteiger partial charge in [0.2, 0.25) is 0 Å². The summed E-state index contributed by atoms with van der Waals surface area (Å²) in [5.41, 5.74) is 1.39. The van der Waals surface area contributed by atoms with E-state index in [0.29, 0.717) is 11.7 Å². The molecule has 0 aliphatic heterocycles. The van der Waals surface area contributed by atoms with Crippen molar-refractivity contribution in [2.24, 2.45) is 0 Å². The Hall–Kier alpha value is -1.56. The van der Waals surface area contributed by atoms with Gasteiger partial charge in [0.25, 0.3) is 0 Å². The van der Waals surface area contributed by atoms with Crippen molar-refractivity contribution in [2.75, 3.05) is 5.32 Å². The molecule has 1 rings (SSSR count). The van der Waals surface area contributed by atoms with Crippen LogP contribution in [0.4, 0.5) is 5.69 Å². The van der Waals surface area contributed by atoms with Crippen LogP contribution in [0, 0.1) is 11.3 Å². The molecular weight excluding hydrogens is 150 g/mol. The summed E-state index contributed by atoms with van der Waals surface area (Å²) in [7, 11) is 0. The quantitative estimate of drug-likeness (QED) is 0.719. The average molecular weight is 161 g/mol. The van der Waals surface area contributed by atoms with Crippen molar-refractivity contribution in [3.8, 4) is 6.07 Å².